The first kappa shape index (κ1) is 21.7. The SMILES string of the molecule is CON=C(C(=O)O)c1ccccc1CSc1nnc(COc2ccc(Cl)cc2C)o1. The Hall–Kier alpha value is -3.04. The van der Waals surface area contributed by atoms with Crippen LogP contribution in [0, 0.1) is 6.92 Å². The van der Waals surface area contributed by atoms with E-state index in [9.17, 15) is 9.90 Å². The van der Waals surface area contributed by atoms with Crippen LogP contribution in [0.25, 0.3) is 0 Å². The van der Waals surface area contributed by atoms with Crippen LogP contribution < -0.4 is 4.74 Å². The molecule has 0 amide bonds. The van der Waals surface area contributed by atoms with Gasteiger partial charge in [-0.05, 0) is 36.2 Å². The highest BCUT2D eigenvalue weighted by atomic mass is 35.5. The third-order valence-corrected chi connectivity index (χ3v) is 5.05. The lowest BCUT2D eigenvalue weighted by molar-refractivity contribution is -0.129. The van der Waals surface area contributed by atoms with E-state index in [1.165, 1.54) is 18.9 Å². The zero-order valence-electron chi connectivity index (χ0n) is 16.2. The summed E-state index contributed by atoms with van der Waals surface area (Å²) in [6.45, 7) is 2.02. The molecule has 10 heteroatoms. The van der Waals surface area contributed by atoms with Gasteiger partial charge in [-0.25, -0.2) is 4.79 Å². The minimum atomic E-state index is -1.18. The van der Waals surface area contributed by atoms with Gasteiger partial charge in [0.2, 0.25) is 0 Å². The molecule has 0 fully saturated rings. The normalized spacial score (nSPS) is 11.4. The van der Waals surface area contributed by atoms with Crippen LogP contribution in [0.1, 0.15) is 22.6 Å². The molecule has 1 N–H and O–H groups in total. The number of rotatable bonds is 9. The van der Waals surface area contributed by atoms with Gasteiger partial charge in [0.15, 0.2) is 12.3 Å². The maximum Gasteiger partial charge on any atom is 0.358 e. The van der Waals surface area contributed by atoms with Crippen molar-refractivity contribution < 1.29 is 23.9 Å². The van der Waals surface area contributed by atoms with Crippen molar-refractivity contribution in [3.8, 4) is 5.75 Å². The van der Waals surface area contributed by atoms with Crippen LogP contribution in [0.3, 0.4) is 0 Å². The van der Waals surface area contributed by atoms with Crippen LogP contribution in [0.2, 0.25) is 5.02 Å². The summed E-state index contributed by atoms with van der Waals surface area (Å²) < 4.78 is 11.3. The topological polar surface area (TPSA) is 107 Å². The summed E-state index contributed by atoms with van der Waals surface area (Å²) >= 11 is 7.22. The van der Waals surface area contributed by atoms with Crippen molar-refractivity contribution in [1.29, 1.82) is 0 Å². The van der Waals surface area contributed by atoms with Gasteiger partial charge in [0.25, 0.3) is 11.1 Å². The lowest BCUT2D eigenvalue weighted by Crippen LogP contribution is -2.16. The minimum Gasteiger partial charge on any atom is -0.484 e. The molecule has 1 aromatic heterocycles. The maximum atomic E-state index is 11.5. The molecule has 0 spiro atoms. The third-order valence-electron chi connectivity index (χ3n) is 3.95. The quantitative estimate of drug-likeness (QED) is 0.293. The fourth-order valence-corrected chi connectivity index (χ4v) is 3.59. The van der Waals surface area contributed by atoms with Crippen molar-refractivity contribution in [3.05, 3.63) is 70.1 Å². The number of carboxylic acid groups (broad SMARTS) is 1. The summed E-state index contributed by atoms with van der Waals surface area (Å²) in [5, 5.41) is 22.0. The molecule has 2 aromatic carbocycles. The number of benzene rings is 2. The van der Waals surface area contributed by atoms with E-state index in [0.717, 1.165) is 11.1 Å². The van der Waals surface area contributed by atoms with Crippen LogP contribution in [-0.2, 0) is 22.0 Å². The number of oxime groups is 1. The molecule has 0 saturated carbocycles. The fourth-order valence-electron chi connectivity index (χ4n) is 2.58. The van der Waals surface area contributed by atoms with Gasteiger partial charge in [-0.1, -0.05) is 52.8 Å². The molecule has 0 aliphatic carbocycles. The van der Waals surface area contributed by atoms with Crippen LogP contribution in [-0.4, -0.2) is 34.1 Å². The molecule has 0 atom stereocenters. The van der Waals surface area contributed by atoms with Gasteiger partial charge in [-0.3, -0.25) is 0 Å². The number of thioether (sulfide) groups is 1. The number of hydrogen-bond donors (Lipinski definition) is 1. The van der Waals surface area contributed by atoms with E-state index in [0.29, 0.717) is 33.2 Å². The van der Waals surface area contributed by atoms with Crippen molar-refractivity contribution in [3.63, 3.8) is 0 Å². The Balaban J connectivity index is 1.65. The molecule has 3 aromatic rings. The second-order valence-corrected chi connectivity index (χ2v) is 7.40. The predicted octanol–water partition coefficient (Wildman–Crippen LogP) is 4.34. The zero-order chi connectivity index (χ0) is 21.5. The highest BCUT2D eigenvalue weighted by Crippen LogP contribution is 2.26. The largest absolute Gasteiger partial charge is 0.484 e. The maximum absolute atomic E-state index is 11.5. The predicted molar refractivity (Wildman–Crippen MR) is 112 cm³/mol. The van der Waals surface area contributed by atoms with Crippen molar-refractivity contribution >= 4 is 35.0 Å². The van der Waals surface area contributed by atoms with Gasteiger partial charge in [0.05, 0.1) is 0 Å². The number of aliphatic carboxylic acids is 1. The Labute approximate surface area is 181 Å². The highest BCUT2D eigenvalue weighted by Gasteiger charge is 2.18. The molecule has 30 heavy (non-hydrogen) atoms. The van der Waals surface area contributed by atoms with Gasteiger partial charge in [0.1, 0.15) is 12.9 Å². The Morgan fingerprint density at radius 2 is 2.07 bits per heavy atom. The number of halogens is 1. The van der Waals surface area contributed by atoms with Crippen LogP contribution >= 0.6 is 23.4 Å². The summed E-state index contributed by atoms with van der Waals surface area (Å²) in [5.41, 5.74) is 1.93. The molecular formula is C20H18ClN3O5S. The Morgan fingerprint density at radius 1 is 1.27 bits per heavy atom. The van der Waals surface area contributed by atoms with Gasteiger partial charge in [-0.15, -0.1) is 10.2 Å². The number of nitrogens with zero attached hydrogens (tertiary/aromatic N) is 3. The summed E-state index contributed by atoms with van der Waals surface area (Å²) in [5.74, 6) is 0.237. The van der Waals surface area contributed by atoms with Gasteiger partial charge in [-0.2, -0.15) is 0 Å². The van der Waals surface area contributed by atoms with E-state index >= 15 is 0 Å². The zero-order valence-corrected chi connectivity index (χ0v) is 17.7. The van der Waals surface area contributed by atoms with Crippen LogP contribution in [0.4, 0.5) is 0 Å². The third kappa shape index (κ3) is 5.52. The first-order chi connectivity index (χ1) is 14.5. The molecule has 0 radical (unpaired) electrons. The smallest absolute Gasteiger partial charge is 0.358 e. The molecule has 0 unspecified atom stereocenters. The lowest BCUT2D eigenvalue weighted by atomic mass is 10.0. The van der Waals surface area contributed by atoms with Gasteiger partial charge >= 0.3 is 5.97 Å². The van der Waals surface area contributed by atoms with Crippen molar-refractivity contribution in [2.75, 3.05) is 7.11 Å². The van der Waals surface area contributed by atoms with E-state index in [2.05, 4.69) is 20.2 Å². The summed E-state index contributed by atoms with van der Waals surface area (Å²) in [6.07, 6.45) is 0. The number of aryl methyl sites for hydroxylation is 1. The molecular weight excluding hydrogens is 430 g/mol. The van der Waals surface area contributed by atoms with Crippen LogP contribution in [0.15, 0.2) is 57.3 Å². The molecule has 8 nitrogen and oxygen atoms in total. The van der Waals surface area contributed by atoms with E-state index in [4.69, 9.17) is 20.8 Å². The summed E-state index contributed by atoms with van der Waals surface area (Å²) in [6, 6.07) is 12.4. The second kappa shape index (κ2) is 10.1. The monoisotopic (exact) mass is 447 g/mol. The Bertz CT molecular complexity index is 1070. The lowest BCUT2D eigenvalue weighted by Gasteiger charge is -2.07. The number of aromatic nitrogens is 2. The molecule has 0 aliphatic heterocycles. The first-order valence-corrected chi connectivity index (χ1v) is 10.1. The minimum absolute atomic E-state index is 0.121. The average Bonchev–Trinajstić information content (AvgIpc) is 3.18. The van der Waals surface area contributed by atoms with Crippen molar-refractivity contribution in [2.24, 2.45) is 5.16 Å². The van der Waals surface area contributed by atoms with E-state index in [-0.39, 0.29) is 12.3 Å². The first-order valence-electron chi connectivity index (χ1n) is 8.74. The highest BCUT2D eigenvalue weighted by molar-refractivity contribution is 7.98. The van der Waals surface area contributed by atoms with Crippen molar-refractivity contribution in [1.82, 2.24) is 10.2 Å². The Morgan fingerprint density at radius 3 is 2.80 bits per heavy atom. The standard InChI is InChI=1S/C20H18ClN3O5S/c1-12-9-14(21)7-8-16(12)28-10-17-22-23-20(29-17)30-11-13-5-3-4-6-15(13)18(19(25)26)24-27-2/h3-9H,10-11H2,1-2H3,(H,25,26). The summed E-state index contributed by atoms with van der Waals surface area (Å²) in [4.78, 5) is 16.1. The molecule has 0 bridgehead atoms. The number of hydrogen-bond acceptors (Lipinski definition) is 8. The second-order valence-electron chi connectivity index (χ2n) is 6.03. The molecule has 1 heterocycles. The molecule has 0 saturated heterocycles. The average molecular weight is 448 g/mol. The van der Waals surface area contributed by atoms with E-state index in [1.54, 1.807) is 30.3 Å². The fraction of sp³-hybridized carbons (Fsp3) is 0.200. The molecule has 156 valence electrons. The van der Waals surface area contributed by atoms with E-state index in [1.807, 2.05) is 19.1 Å². The Kier molecular flexibility index (Phi) is 7.31. The van der Waals surface area contributed by atoms with Gasteiger partial charge in [0, 0.05) is 16.3 Å². The summed E-state index contributed by atoms with van der Waals surface area (Å²) in [7, 11) is 1.30. The van der Waals surface area contributed by atoms with Crippen molar-refractivity contribution in [2.45, 2.75) is 24.5 Å². The molecule has 3 rings (SSSR count). The van der Waals surface area contributed by atoms with Gasteiger partial charge < -0.3 is 19.1 Å². The number of ether oxygens (including phenoxy) is 1. The van der Waals surface area contributed by atoms with Crippen LogP contribution in [0.5, 0.6) is 5.75 Å². The molecule has 0 aliphatic rings. The van der Waals surface area contributed by atoms with E-state index < -0.39 is 5.97 Å². The number of carbonyl (C=O) groups is 1. The number of carboxylic acids is 1.